The van der Waals surface area contributed by atoms with Crippen molar-refractivity contribution in [2.75, 3.05) is 11.2 Å². The Morgan fingerprint density at radius 1 is 1.12 bits per heavy atom. The lowest BCUT2D eigenvalue weighted by Gasteiger charge is -2.55. The molecule has 5 rings (SSSR count). The number of hydrogen-bond acceptors (Lipinski definition) is 2. The number of carbonyl (C=O) groups excluding carboxylic acids is 1. The predicted octanol–water partition coefficient (Wildman–Crippen LogP) is 4.07. The van der Waals surface area contributed by atoms with Crippen LogP contribution in [0.3, 0.4) is 0 Å². The van der Waals surface area contributed by atoms with Gasteiger partial charge in [0.05, 0.1) is 17.0 Å². The maximum Gasteiger partial charge on any atom is 0.230 e. The maximum absolute atomic E-state index is 13.0. The van der Waals surface area contributed by atoms with Gasteiger partial charge >= 0.3 is 0 Å². The summed E-state index contributed by atoms with van der Waals surface area (Å²) in [6, 6.07) is 7.49. The van der Waals surface area contributed by atoms with Crippen molar-refractivity contribution in [2.45, 2.75) is 38.5 Å². The van der Waals surface area contributed by atoms with Crippen LogP contribution in [0.2, 0.25) is 0 Å². The zero-order chi connectivity index (χ0) is 16.7. The first kappa shape index (κ1) is 15.9. The molecule has 4 aliphatic carbocycles. The first-order valence-electron chi connectivity index (χ1n) is 8.87. The number of carbonyl (C=O) groups is 1. The van der Waals surface area contributed by atoms with E-state index in [1.807, 2.05) is 24.3 Å². The third-order valence-corrected chi connectivity index (χ3v) is 6.33. The molecular formula is C19H24ClN3O. The van der Waals surface area contributed by atoms with E-state index >= 15 is 0 Å². The van der Waals surface area contributed by atoms with E-state index in [2.05, 4.69) is 10.3 Å². The number of hydrogen-bond donors (Lipinski definition) is 2. The second-order valence-corrected chi connectivity index (χ2v) is 8.20. The van der Waals surface area contributed by atoms with Crippen LogP contribution in [0.5, 0.6) is 0 Å². The zero-order valence-corrected chi connectivity index (χ0v) is 14.6. The van der Waals surface area contributed by atoms with Crippen LogP contribution in [0.1, 0.15) is 38.5 Å². The number of nitrogens with two attached hydrogens (primary N) is 1. The van der Waals surface area contributed by atoms with Crippen molar-refractivity contribution in [3.63, 3.8) is 0 Å². The molecule has 0 saturated heterocycles. The zero-order valence-electron chi connectivity index (χ0n) is 13.8. The lowest BCUT2D eigenvalue weighted by molar-refractivity contribution is -0.140. The van der Waals surface area contributed by atoms with Crippen LogP contribution in [0.4, 0.5) is 11.4 Å². The number of aliphatic imine (C=N–C) groups is 1. The Morgan fingerprint density at radius 2 is 1.67 bits per heavy atom. The molecule has 3 N–H and O–H groups in total. The topological polar surface area (TPSA) is 67.5 Å². The molecule has 1 amide bonds. The largest absolute Gasteiger partial charge is 0.386 e. The Balaban J connectivity index is 1.46. The van der Waals surface area contributed by atoms with Crippen LogP contribution in [0.25, 0.3) is 0 Å². The molecule has 4 fully saturated rings. The molecular weight excluding hydrogens is 322 g/mol. The molecule has 128 valence electrons. The molecule has 1 aromatic rings. The molecule has 0 aliphatic heterocycles. The highest BCUT2D eigenvalue weighted by molar-refractivity contribution is 6.28. The van der Waals surface area contributed by atoms with Gasteiger partial charge in [0.1, 0.15) is 5.84 Å². The van der Waals surface area contributed by atoms with Crippen molar-refractivity contribution in [3.8, 4) is 0 Å². The van der Waals surface area contributed by atoms with Gasteiger partial charge in [-0.25, -0.2) is 4.99 Å². The summed E-state index contributed by atoms with van der Waals surface area (Å²) in [6.07, 6.45) is 7.29. The van der Waals surface area contributed by atoms with E-state index < -0.39 is 0 Å². The van der Waals surface area contributed by atoms with Gasteiger partial charge < -0.3 is 11.1 Å². The summed E-state index contributed by atoms with van der Waals surface area (Å²) in [4.78, 5) is 17.2. The maximum atomic E-state index is 13.0. The summed E-state index contributed by atoms with van der Waals surface area (Å²) >= 11 is 5.64. The molecule has 4 bridgehead atoms. The lowest BCUT2D eigenvalue weighted by Crippen LogP contribution is -2.51. The number of benzene rings is 1. The van der Waals surface area contributed by atoms with Crippen LogP contribution in [0.15, 0.2) is 29.3 Å². The summed E-state index contributed by atoms with van der Waals surface area (Å²) in [7, 11) is 0. The van der Waals surface area contributed by atoms with Crippen molar-refractivity contribution in [1.29, 1.82) is 0 Å². The van der Waals surface area contributed by atoms with E-state index in [9.17, 15) is 4.79 Å². The van der Waals surface area contributed by atoms with Gasteiger partial charge in [0.2, 0.25) is 5.91 Å². The van der Waals surface area contributed by atoms with Gasteiger partial charge in [-0.15, -0.1) is 11.6 Å². The number of anilines is 1. The fourth-order valence-corrected chi connectivity index (χ4v) is 5.53. The summed E-state index contributed by atoms with van der Waals surface area (Å²) in [5.74, 6) is 3.15. The summed E-state index contributed by atoms with van der Waals surface area (Å²) in [5, 5.41) is 3.15. The third kappa shape index (κ3) is 2.92. The minimum absolute atomic E-state index is 0.116. The Hall–Kier alpha value is -1.55. The predicted molar refractivity (Wildman–Crippen MR) is 97.7 cm³/mol. The third-order valence-electron chi connectivity index (χ3n) is 6.05. The number of amides is 1. The highest BCUT2D eigenvalue weighted by atomic mass is 35.5. The number of amidine groups is 1. The van der Waals surface area contributed by atoms with Gasteiger partial charge in [-0.2, -0.15) is 0 Å². The Morgan fingerprint density at radius 3 is 2.17 bits per heavy atom. The van der Waals surface area contributed by atoms with Crippen molar-refractivity contribution in [2.24, 2.45) is 33.9 Å². The van der Waals surface area contributed by atoms with E-state index in [4.69, 9.17) is 17.3 Å². The first-order valence-corrected chi connectivity index (χ1v) is 9.40. The van der Waals surface area contributed by atoms with Crippen molar-refractivity contribution in [1.82, 2.24) is 0 Å². The van der Waals surface area contributed by atoms with Crippen LogP contribution in [0, 0.1) is 23.2 Å². The number of nitrogens with one attached hydrogen (secondary N) is 1. The average molecular weight is 346 g/mol. The highest BCUT2D eigenvalue weighted by Crippen LogP contribution is 2.60. The molecule has 0 spiro atoms. The molecule has 24 heavy (non-hydrogen) atoms. The van der Waals surface area contributed by atoms with Crippen LogP contribution in [-0.2, 0) is 4.79 Å². The van der Waals surface area contributed by atoms with E-state index in [-0.39, 0.29) is 17.2 Å². The van der Waals surface area contributed by atoms with E-state index in [0.29, 0.717) is 5.84 Å². The fraction of sp³-hybridized carbons (Fsp3) is 0.579. The minimum Gasteiger partial charge on any atom is -0.386 e. The van der Waals surface area contributed by atoms with Crippen molar-refractivity contribution in [3.05, 3.63) is 24.3 Å². The summed E-state index contributed by atoms with van der Waals surface area (Å²) in [5.41, 5.74) is 7.11. The molecule has 5 heteroatoms. The van der Waals surface area contributed by atoms with Gasteiger partial charge in [-0.05, 0) is 80.5 Å². The highest BCUT2D eigenvalue weighted by Gasteiger charge is 2.54. The minimum atomic E-state index is -0.116. The molecule has 4 aliphatic rings. The number of nitrogens with zero attached hydrogens (tertiary/aromatic N) is 1. The van der Waals surface area contributed by atoms with Crippen LogP contribution >= 0.6 is 11.6 Å². The summed E-state index contributed by atoms with van der Waals surface area (Å²) < 4.78 is 0. The molecule has 0 unspecified atom stereocenters. The van der Waals surface area contributed by atoms with Gasteiger partial charge in [0, 0.05) is 5.69 Å². The smallest absolute Gasteiger partial charge is 0.230 e. The average Bonchev–Trinajstić information content (AvgIpc) is 2.55. The molecule has 0 aromatic heterocycles. The molecule has 4 nitrogen and oxygen atoms in total. The molecule has 1 aromatic carbocycles. The Bertz CT molecular complexity index is 632. The quantitative estimate of drug-likeness (QED) is 0.490. The van der Waals surface area contributed by atoms with Gasteiger partial charge in [-0.3, -0.25) is 4.79 Å². The number of halogens is 1. The van der Waals surface area contributed by atoms with Gasteiger partial charge in [0.25, 0.3) is 0 Å². The Labute approximate surface area is 147 Å². The second kappa shape index (κ2) is 6.07. The monoisotopic (exact) mass is 345 g/mol. The van der Waals surface area contributed by atoms with Gasteiger partial charge in [-0.1, -0.05) is 0 Å². The standard InChI is InChI=1S/C19H24ClN3O/c20-11-17(21)22-15-1-3-16(4-2-15)23-18(24)19-8-12-5-13(9-19)7-14(6-12)10-19/h1-4,12-14H,5-11H2,(H2,21,22)(H,23,24). The fourth-order valence-electron chi connectivity index (χ4n) is 5.47. The molecule has 0 atom stereocenters. The van der Waals surface area contributed by atoms with E-state index in [0.717, 1.165) is 48.4 Å². The first-order chi connectivity index (χ1) is 11.6. The number of rotatable bonds is 4. The summed E-state index contributed by atoms with van der Waals surface area (Å²) in [6.45, 7) is 0. The SMILES string of the molecule is NC(CCl)=Nc1ccc(NC(=O)C23CC4CC(CC(C4)C2)C3)cc1. The van der Waals surface area contributed by atoms with Crippen molar-refractivity contribution >= 4 is 34.7 Å². The van der Waals surface area contributed by atoms with E-state index in [1.165, 1.54) is 19.3 Å². The van der Waals surface area contributed by atoms with Gasteiger partial charge in [0.15, 0.2) is 0 Å². The second-order valence-electron chi connectivity index (χ2n) is 7.94. The van der Waals surface area contributed by atoms with Crippen LogP contribution < -0.4 is 11.1 Å². The Kier molecular flexibility index (Phi) is 4.03. The van der Waals surface area contributed by atoms with Crippen molar-refractivity contribution < 1.29 is 4.79 Å². The number of alkyl halides is 1. The van der Waals surface area contributed by atoms with E-state index in [1.54, 1.807) is 0 Å². The molecule has 4 saturated carbocycles. The lowest BCUT2D eigenvalue weighted by atomic mass is 9.49. The normalized spacial score (nSPS) is 34.4. The molecule has 0 heterocycles. The molecule has 0 radical (unpaired) electrons. The van der Waals surface area contributed by atoms with Crippen LogP contribution in [-0.4, -0.2) is 17.6 Å².